The molecule has 0 bridgehead atoms. The first-order valence-corrected chi connectivity index (χ1v) is 9.16. The van der Waals surface area contributed by atoms with Crippen molar-refractivity contribution >= 4 is 63.5 Å². The van der Waals surface area contributed by atoms with Crippen molar-refractivity contribution in [2.45, 2.75) is 0 Å². The van der Waals surface area contributed by atoms with Gasteiger partial charge in [0.05, 0.1) is 0 Å². The second-order valence-electron chi connectivity index (χ2n) is 5.64. The highest BCUT2D eigenvalue weighted by molar-refractivity contribution is 7.80. The van der Waals surface area contributed by atoms with Gasteiger partial charge in [0.15, 0.2) is 5.11 Å². The largest absolute Gasteiger partial charge is 0.332 e. The smallest absolute Gasteiger partial charge is 0.255 e. The van der Waals surface area contributed by atoms with E-state index in [0.29, 0.717) is 32.1 Å². The summed E-state index contributed by atoms with van der Waals surface area (Å²) >= 11 is 17.3. The molecule has 0 fully saturated rings. The van der Waals surface area contributed by atoms with Crippen LogP contribution in [0.5, 0.6) is 0 Å². The monoisotopic (exact) mass is 415 g/mol. The molecule has 0 aliphatic carbocycles. The van der Waals surface area contributed by atoms with Crippen LogP contribution in [0.3, 0.4) is 0 Å². The fraction of sp³-hybridized carbons (Fsp3) is 0. The van der Waals surface area contributed by atoms with Gasteiger partial charge in [-0.25, -0.2) is 0 Å². The van der Waals surface area contributed by atoms with Crippen LogP contribution >= 0.6 is 35.4 Å². The Morgan fingerprint density at radius 1 is 0.704 bits per heavy atom. The number of anilines is 3. The van der Waals surface area contributed by atoms with Gasteiger partial charge in [0, 0.05) is 32.7 Å². The van der Waals surface area contributed by atoms with Crippen molar-refractivity contribution in [1.82, 2.24) is 0 Å². The number of para-hydroxylation sites is 1. The summed E-state index contributed by atoms with van der Waals surface area (Å²) in [5.74, 6) is -0.203. The Labute approximate surface area is 172 Å². The predicted molar refractivity (Wildman–Crippen MR) is 117 cm³/mol. The van der Waals surface area contributed by atoms with Crippen LogP contribution in [-0.4, -0.2) is 11.0 Å². The van der Waals surface area contributed by atoms with Crippen LogP contribution in [0.25, 0.3) is 0 Å². The molecule has 7 heteroatoms. The van der Waals surface area contributed by atoms with Crippen LogP contribution in [0.15, 0.2) is 72.8 Å². The molecule has 3 aromatic rings. The average Bonchev–Trinajstić information content (AvgIpc) is 2.61. The van der Waals surface area contributed by atoms with Crippen LogP contribution in [0.1, 0.15) is 10.4 Å². The predicted octanol–water partition coefficient (Wildman–Crippen LogP) is 6.05. The van der Waals surface area contributed by atoms with Gasteiger partial charge in [0.1, 0.15) is 0 Å². The Morgan fingerprint density at radius 3 is 2.04 bits per heavy atom. The van der Waals surface area contributed by atoms with Gasteiger partial charge < -0.3 is 16.0 Å². The Hall–Kier alpha value is -2.60. The lowest BCUT2D eigenvalue weighted by Gasteiger charge is -2.12. The molecule has 0 saturated heterocycles. The van der Waals surface area contributed by atoms with Gasteiger partial charge >= 0.3 is 0 Å². The average molecular weight is 416 g/mol. The highest BCUT2D eigenvalue weighted by Crippen LogP contribution is 2.22. The summed E-state index contributed by atoms with van der Waals surface area (Å²) in [6.07, 6.45) is 0. The van der Waals surface area contributed by atoms with E-state index in [1.54, 1.807) is 36.4 Å². The summed E-state index contributed by atoms with van der Waals surface area (Å²) in [6, 6.07) is 21.4. The van der Waals surface area contributed by atoms with E-state index in [1.165, 1.54) is 0 Å². The molecule has 1 amide bonds. The molecule has 4 nitrogen and oxygen atoms in total. The summed E-state index contributed by atoms with van der Waals surface area (Å²) < 4.78 is 0. The van der Waals surface area contributed by atoms with E-state index in [1.807, 2.05) is 36.4 Å². The fourth-order valence-electron chi connectivity index (χ4n) is 2.38. The van der Waals surface area contributed by atoms with Crippen LogP contribution in [0, 0.1) is 0 Å². The number of thiocarbonyl (C=S) groups is 1. The maximum atomic E-state index is 12.4. The van der Waals surface area contributed by atoms with E-state index < -0.39 is 0 Å². The van der Waals surface area contributed by atoms with Crippen molar-refractivity contribution in [1.29, 1.82) is 0 Å². The summed E-state index contributed by atoms with van der Waals surface area (Å²) in [5.41, 5.74) is 2.60. The van der Waals surface area contributed by atoms with Crippen LogP contribution in [0.2, 0.25) is 10.0 Å². The van der Waals surface area contributed by atoms with E-state index in [-0.39, 0.29) is 5.91 Å². The first-order chi connectivity index (χ1) is 13.0. The number of carbonyl (C=O) groups is 1. The molecule has 0 saturated carbocycles. The second kappa shape index (κ2) is 8.86. The molecule has 0 aromatic heterocycles. The molecule has 0 aliphatic rings. The number of nitrogens with one attached hydrogen (secondary N) is 3. The van der Waals surface area contributed by atoms with Gasteiger partial charge in [0.2, 0.25) is 0 Å². The van der Waals surface area contributed by atoms with Gasteiger partial charge in [-0.2, -0.15) is 0 Å². The lowest BCUT2D eigenvalue weighted by molar-refractivity contribution is 0.102. The van der Waals surface area contributed by atoms with Gasteiger partial charge in [0.25, 0.3) is 5.91 Å². The Kier molecular flexibility index (Phi) is 6.29. The molecule has 3 rings (SSSR count). The summed E-state index contributed by atoms with van der Waals surface area (Å²) in [7, 11) is 0. The molecule has 3 aromatic carbocycles. The van der Waals surface area contributed by atoms with Crippen LogP contribution in [-0.2, 0) is 0 Å². The van der Waals surface area contributed by atoms with E-state index >= 15 is 0 Å². The lowest BCUT2D eigenvalue weighted by atomic mass is 10.2. The molecule has 0 spiro atoms. The summed E-state index contributed by atoms with van der Waals surface area (Å²) in [6.45, 7) is 0. The first-order valence-electron chi connectivity index (χ1n) is 8.00. The van der Waals surface area contributed by atoms with Gasteiger partial charge in [-0.05, 0) is 60.7 Å². The third kappa shape index (κ3) is 5.69. The zero-order chi connectivity index (χ0) is 19.2. The molecular formula is C20H15Cl2N3OS. The standard InChI is InChI=1S/C20H15Cl2N3OS/c21-14-10-15(22)12-18(11-14)25-20(27)24-17-8-4-5-13(9-17)19(26)23-16-6-2-1-3-7-16/h1-12H,(H,23,26)(H2,24,25,27). The van der Waals surface area contributed by atoms with Crippen molar-refractivity contribution < 1.29 is 4.79 Å². The molecule has 0 aliphatic heterocycles. The molecule has 0 unspecified atom stereocenters. The highest BCUT2D eigenvalue weighted by atomic mass is 35.5. The van der Waals surface area contributed by atoms with Crippen molar-refractivity contribution in [2.24, 2.45) is 0 Å². The van der Waals surface area contributed by atoms with Gasteiger partial charge in [-0.1, -0.05) is 47.5 Å². The minimum Gasteiger partial charge on any atom is -0.332 e. The van der Waals surface area contributed by atoms with Crippen molar-refractivity contribution in [3.8, 4) is 0 Å². The maximum absolute atomic E-state index is 12.4. The quantitative estimate of drug-likeness (QED) is 0.453. The Bertz CT molecular complexity index is 960. The Morgan fingerprint density at radius 2 is 1.33 bits per heavy atom. The van der Waals surface area contributed by atoms with Gasteiger partial charge in [-0.15, -0.1) is 0 Å². The van der Waals surface area contributed by atoms with Crippen molar-refractivity contribution in [3.63, 3.8) is 0 Å². The number of hydrogen-bond donors (Lipinski definition) is 3. The number of amides is 1. The van der Waals surface area contributed by atoms with E-state index in [2.05, 4.69) is 16.0 Å². The second-order valence-corrected chi connectivity index (χ2v) is 6.92. The number of hydrogen-bond acceptors (Lipinski definition) is 2. The van der Waals surface area contributed by atoms with E-state index in [9.17, 15) is 4.79 Å². The maximum Gasteiger partial charge on any atom is 0.255 e. The topological polar surface area (TPSA) is 53.2 Å². The zero-order valence-electron chi connectivity index (χ0n) is 14.0. The van der Waals surface area contributed by atoms with Crippen molar-refractivity contribution in [3.05, 3.63) is 88.4 Å². The van der Waals surface area contributed by atoms with Crippen LogP contribution in [0.4, 0.5) is 17.1 Å². The lowest BCUT2D eigenvalue weighted by Crippen LogP contribution is -2.19. The molecule has 0 atom stereocenters. The van der Waals surface area contributed by atoms with Crippen molar-refractivity contribution in [2.75, 3.05) is 16.0 Å². The number of halogens is 2. The number of benzene rings is 3. The third-order valence-corrected chi connectivity index (χ3v) is 4.18. The van der Waals surface area contributed by atoms with Gasteiger partial charge in [-0.3, -0.25) is 4.79 Å². The fourth-order valence-corrected chi connectivity index (χ4v) is 3.14. The molecular weight excluding hydrogens is 401 g/mol. The molecule has 0 heterocycles. The zero-order valence-corrected chi connectivity index (χ0v) is 16.3. The first kappa shape index (κ1) is 19.2. The number of rotatable bonds is 4. The molecule has 0 radical (unpaired) electrons. The van der Waals surface area contributed by atoms with E-state index in [0.717, 1.165) is 5.69 Å². The Balaban J connectivity index is 1.66. The molecule has 27 heavy (non-hydrogen) atoms. The molecule has 3 N–H and O–H groups in total. The summed E-state index contributed by atoms with van der Waals surface area (Å²) in [4.78, 5) is 12.4. The molecule has 136 valence electrons. The SMILES string of the molecule is O=C(Nc1ccccc1)c1cccc(NC(=S)Nc2cc(Cl)cc(Cl)c2)c1. The number of carbonyl (C=O) groups excluding carboxylic acids is 1. The summed E-state index contributed by atoms with van der Waals surface area (Å²) in [5, 5.41) is 10.3. The minimum atomic E-state index is -0.203. The van der Waals surface area contributed by atoms with E-state index in [4.69, 9.17) is 35.4 Å². The normalized spacial score (nSPS) is 10.1. The third-order valence-electron chi connectivity index (χ3n) is 3.53. The minimum absolute atomic E-state index is 0.203. The van der Waals surface area contributed by atoms with Crippen LogP contribution < -0.4 is 16.0 Å². The highest BCUT2D eigenvalue weighted by Gasteiger charge is 2.08.